The number of ether oxygens (including phenoxy) is 1. The number of aryl methyl sites for hydroxylation is 1. The third kappa shape index (κ3) is 4.47. The molecule has 0 radical (unpaired) electrons. The van der Waals surface area contributed by atoms with Crippen molar-refractivity contribution in [2.24, 2.45) is 0 Å². The fraction of sp³-hybridized carbons (Fsp3) is 0.250. The molecule has 0 fully saturated rings. The predicted octanol–water partition coefficient (Wildman–Crippen LogP) is 3.62. The lowest BCUT2D eigenvalue weighted by Gasteiger charge is -2.10. The van der Waals surface area contributed by atoms with E-state index in [9.17, 15) is 4.79 Å². The summed E-state index contributed by atoms with van der Waals surface area (Å²) in [4.78, 5) is 16.1. The Labute approximate surface area is 152 Å². The van der Waals surface area contributed by atoms with Crippen LogP contribution < -0.4 is 10.1 Å². The molecule has 1 aromatic heterocycles. The van der Waals surface area contributed by atoms with Crippen LogP contribution in [0.25, 0.3) is 22.8 Å². The van der Waals surface area contributed by atoms with Gasteiger partial charge in [-0.1, -0.05) is 35.0 Å². The number of nitrogens with one attached hydrogen (secondary N) is 1. The molecule has 0 aliphatic rings. The lowest BCUT2D eigenvalue weighted by atomic mass is 10.1. The summed E-state index contributed by atoms with van der Waals surface area (Å²) < 4.78 is 10.9. The minimum atomic E-state index is -0.160. The largest absolute Gasteiger partial charge is 0.484 e. The zero-order chi connectivity index (χ0) is 18.5. The summed E-state index contributed by atoms with van der Waals surface area (Å²) in [5.74, 6) is 1.35. The van der Waals surface area contributed by atoms with E-state index in [1.807, 2.05) is 57.2 Å². The molecule has 0 saturated heterocycles. The molecule has 0 aliphatic carbocycles. The van der Waals surface area contributed by atoms with Crippen molar-refractivity contribution in [2.75, 3.05) is 6.61 Å². The second-order valence-electron chi connectivity index (χ2n) is 6.33. The molecular formula is C20H21N3O3. The first kappa shape index (κ1) is 17.7. The van der Waals surface area contributed by atoms with Gasteiger partial charge in [0.2, 0.25) is 5.82 Å². The molecule has 0 bridgehead atoms. The molecule has 26 heavy (non-hydrogen) atoms. The van der Waals surface area contributed by atoms with Gasteiger partial charge in [0, 0.05) is 17.2 Å². The van der Waals surface area contributed by atoms with E-state index in [1.165, 1.54) is 0 Å². The number of carbonyl (C=O) groups excluding carboxylic acids is 1. The Kier molecular flexibility index (Phi) is 5.31. The Morgan fingerprint density at radius 1 is 1.15 bits per heavy atom. The monoisotopic (exact) mass is 351 g/mol. The third-order valence-corrected chi connectivity index (χ3v) is 3.60. The number of rotatable bonds is 6. The Hall–Kier alpha value is -3.15. The number of aromatic nitrogens is 2. The minimum absolute atomic E-state index is 0.0393. The second kappa shape index (κ2) is 7.82. The molecule has 1 heterocycles. The summed E-state index contributed by atoms with van der Waals surface area (Å²) in [7, 11) is 0. The first-order valence-electron chi connectivity index (χ1n) is 8.44. The second-order valence-corrected chi connectivity index (χ2v) is 6.33. The summed E-state index contributed by atoms with van der Waals surface area (Å²) in [6.45, 7) is 5.78. The van der Waals surface area contributed by atoms with Crippen LogP contribution >= 0.6 is 0 Å². The molecule has 0 atom stereocenters. The van der Waals surface area contributed by atoms with E-state index in [4.69, 9.17) is 9.26 Å². The van der Waals surface area contributed by atoms with Gasteiger partial charge >= 0.3 is 0 Å². The molecule has 0 spiro atoms. The lowest BCUT2D eigenvalue weighted by Crippen LogP contribution is -2.34. The topological polar surface area (TPSA) is 77.2 Å². The van der Waals surface area contributed by atoms with Crippen LogP contribution in [0.1, 0.15) is 19.4 Å². The molecule has 0 unspecified atom stereocenters. The molecular weight excluding hydrogens is 330 g/mol. The highest BCUT2D eigenvalue weighted by Gasteiger charge is 2.12. The van der Waals surface area contributed by atoms with Gasteiger partial charge in [0.1, 0.15) is 5.75 Å². The van der Waals surface area contributed by atoms with Crippen LogP contribution in [0.2, 0.25) is 0 Å². The lowest BCUT2D eigenvalue weighted by molar-refractivity contribution is -0.123. The standard InChI is InChI=1S/C20H21N3O3/c1-13(2)21-18(24)12-25-17-9-5-7-15(11-17)19-22-20(26-23-19)16-8-4-6-14(3)10-16/h4-11,13H,12H2,1-3H3,(H,21,24). The normalized spacial score (nSPS) is 10.8. The Bertz CT molecular complexity index is 903. The number of hydrogen-bond donors (Lipinski definition) is 1. The molecule has 6 heteroatoms. The average molecular weight is 351 g/mol. The highest BCUT2D eigenvalue weighted by atomic mass is 16.5. The first-order chi connectivity index (χ1) is 12.5. The molecule has 3 aromatic rings. The van der Waals surface area contributed by atoms with Crippen LogP contribution in [0.3, 0.4) is 0 Å². The predicted molar refractivity (Wildman–Crippen MR) is 98.7 cm³/mol. The van der Waals surface area contributed by atoms with Crippen LogP contribution in [0, 0.1) is 6.92 Å². The van der Waals surface area contributed by atoms with Crippen molar-refractivity contribution in [3.8, 4) is 28.6 Å². The van der Waals surface area contributed by atoms with Gasteiger partial charge < -0.3 is 14.6 Å². The number of amides is 1. The molecule has 0 aliphatic heterocycles. The fourth-order valence-electron chi connectivity index (χ4n) is 2.47. The van der Waals surface area contributed by atoms with Crippen molar-refractivity contribution in [2.45, 2.75) is 26.8 Å². The van der Waals surface area contributed by atoms with E-state index >= 15 is 0 Å². The molecule has 0 saturated carbocycles. The summed E-state index contributed by atoms with van der Waals surface area (Å²) >= 11 is 0. The summed E-state index contributed by atoms with van der Waals surface area (Å²) in [6, 6.07) is 15.2. The Balaban J connectivity index is 1.73. The molecule has 134 valence electrons. The molecule has 3 rings (SSSR count). The number of benzene rings is 2. The van der Waals surface area contributed by atoms with Crippen molar-refractivity contribution >= 4 is 5.91 Å². The van der Waals surface area contributed by atoms with E-state index in [0.717, 1.165) is 16.7 Å². The van der Waals surface area contributed by atoms with Crippen molar-refractivity contribution in [3.05, 3.63) is 54.1 Å². The van der Waals surface area contributed by atoms with Gasteiger partial charge in [-0.15, -0.1) is 0 Å². The summed E-state index contributed by atoms with van der Waals surface area (Å²) in [5, 5.41) is 6.83. The summed E-state index contributed by atoms with van der Waals surface area (Å²) in [5.41, 5.74) is 2.76. The SMILES string of the molecule is Cc1cccc(-c2nc(-c3cccc(OCC(=O)NC(C)C)c3)no2)c1. The van der Waals surface area contributed by atoms with E-state index in [-0.39, 0.29) is 18.6 Å². The van der Waals surface area contributed by atoms with Gasteiger partial charge in [0.05, 0.1) is 0 Å². The van der Waals surface area contributed by atoms with E-state index in [0.29, 0.717) is 17.5 Å². The zero-order valence-corrected chi connectivity index (χ0v) is 15.0. The number of hydrogen-bond acceptors (Lipinski definition) is 5. The average Bonchev–Trinajstić information content (AvgIpc) is 3.10. The smallest absolute Gasteiger partial charge is 0.258 e. The minimum Gasteiger partial charge on any atom is -0.484 e. The van der Waals surface area contributed by atoms with Crippen LogP contribution in [0.4, 0.5) is 0 Å². The first-order valence-corrected chi connectivity index (χ1v) is 8.44. The maximum Gasteiger partial charge on any atom is 0.258 e. The Morgan fingerprint density at radius 2 is 1.92 bits per heavy atom. The van der Waals surface area contributed by atoms with Crippen molar-refractivity contribution < 1.29 is 14.1 Å². The Morgan fingerprint density at radius 3 is 2.69 bits per heavy atom. The molecule has 1 N–H and O–H groups in total. The maximum absolute atomic E-state index is 11.7. The highest BCUT2D eigenvalue weighted by Crippen LogP contribution is 2.25. The van der Waals surface area contributed by atoms with Crippen LogP contribution in [0.15, 0.2) is 53.1 Å². The van der Waals surface area contributed by atoms with Crippen molar-refractivity contribution in [1.29, 1.82) is 0 Å². The van der Waals surface area contributed by atoms with Crippen LogP contribution in [-0.2, 0) is 4.79 Å². The van der Waals surface area contributed by atoms with Gasteiger partial charge in [-0.25, -0.2) is 0 Å². The quantitative estimate of drug-likeness (QED) is 0.734. The van der Waals surface area contributed by atoms with Gasteiger partial charge in [0.15, 0.2) is 6.61 Å². The van der Waals surface area contributed by atoms with Gasteiger partial charge in [-0.2, -0.15) is 4.98 Å². The zero-order valence-electron chi connectivity index (χ0n) is 15.0. The molecule has 6 nitrogen and oxygen atoms in total. The van der Waals surface area contributed by atoms with Crippen LogP contribution in [-0.4, -0.2) is 28.7 Å². The van der Waals surface area contributed by atoms with Gasteiger partial charge in [-0.05, 0) is 45.0 Å². The van der Waals surface area contributed by atoms with Crippen molar-refractivity contribution in [1.82, 2.24) is 15.5 Å². The number of carbonyl (C=O) groups is 1. The van der Waals surface area contributed by atoms with Crippen molar-refractivity contribution in [3.63, 3.8) is 0 Å². The highest BCUT2D eigenvalue weighted by molar-refractivity contribution is 5.77. The van der Waals surface area contributed by atoms with Gasteiger partial charge in [0.25, 0.3) is 11.8 Å². The molecule has 1 amide bonds. The molecule has 2 aromatic carbocycles. The third-order valence-electron chi connectivity index (χ3n) is 3.60. The fourth-order valence-corrected chi connectivity index (χ4v) is 2.47. The van der Waals surface area contributed by atoms with E-state index < -0.39 is 0 Å². The van der Waals surface area contributed by atoms with E-state index in [1.54, 1.807) is 12.1 Å². The van der Waals surface area contributed by atoms with E-state index in [2.05, 4.69) is 15.5 Å². The van der Waals surface area contributed by atoms with Gasteiger partial charge in [-0.3, -0.25) is 4.79 Å². The summed E-state index contributed by atoms with van der Waals surface area (Å²) in [6.07, 6.45) is 0. The maximum atomic E-state index is 11.7. The van der Waals surface area contributed by atoms with Crippen LogP contribution in [0.5, 0.6) is 5.75 Å². The number of nitrogens with zero attached hydrogens (tertiary/aromatic N) is 2.